The van der Waals surface area contributed by atoms with Crippen LogP contribution in [0.1, 0.15) is 12.8 Å². The summed E-state index contributed by atoms with van der Waals surface area (Å²) >= 11 is 11.7. The second-order valence-corrected chi connectivity index (χ2v) is 4.87. The lowest BCUT2D eigenvalue weighted by atomic mass is 10.4. The van der Waals surface area contributed by atoms with Gasteiger partial charge in [-0.3, -0.25) is 0 Å². The predicted octanol–water partition coefficient (Wildman–Crippen LogP) is 1.38. The number of nitrogens with one attached hydrogen (secondary N) is 2. The van der Waals surface area contributed by atoms with E-state index >= 15 is 0 Å². The van der Waals surface area contributed by atoms with Crippen molar-refractivity contribution < 1.29 is 0 Å². The molecule has 1 fully saturated rings. The van der Waals surface area contributed by atoms with Crippen LogP contribution < -0.4 is 10.6 Å². The largest absolute Gasteiger partial charge is 0.320 e. The van der Waals surface area contributed by atoms with Crippen LogP contribution >= 0.6 is 23.2 Å². The van der Waals surface area contributed by atoms with E-state index in [1.165, 1.54) is 0 Å². The average Bonchev–Trinajstić information content (AvgIpc) is 2.59. The highest BCUT2D eigenvalue weighted by molar-refractivity contribution is 6.50. The summed E-state index contributed by atoms with van der Waals surface area (Å²) in [6, 6.07) is 0. The Balaban J connectivity index is 1.85. The van der Waals surface area contributed by atoms with Crippen LogP contribution in [0.25, 0.3) is 0 Å². The van der Waals surface area contributed by atoms with Gasteiger partial charge in [0.2, 0.25) is 0 Å². The predicted molar refractivity (Wildman–Crippen MR) is 54.0 cm³/mol. The topological polar surface area (TPSA) is 24.1 Å². The van der Waals surface area contributed by atoms with Crippen LogP contribution in [0.2, 0.25) is 0 Å². The van der Waals surface area contributed by atoms with Gasteiger partial charge in [0, 0.05) is 12.5 Å². The Bertz CT molecular complexity index is 139. The highest BCUT2D eigenvalue weighted by Gasteiger charge is 2.50. The van der Waals surface area contributed by atoms with Gasteiger partial charge in [-0.25, -0.2) is 0 Å². The fourth-order valence-electron chi connectivity index (χ4n) is 1.16. The van der Waals surface area contributed by atoms with Gasteiger partial charge in [-0.05, 0) is 33.0 Å². The summed E-state index contributed by atoms with van der Waals surface area (Å²) in [4.78, 5) is 0. The molecule has 0 heterocycles. The van der Waals surface area contributed by atoms with E-state index in [-0.39, 0.29) is 0 Å². The highest BCUT2D eigenvalue weighted by Crippen LogP contribution is 2.52. The number of halogens is 2. The first-order valence-corrected chi connectivity index (χ1v) is 5.15. The maximum atomic E-state index is 5.86. The summed E-state index contributed by atoms with van der Waals surface area (Å²) in [5.41, 5.74) is 0. The average molecular weight is 211 g/mol. The molecule has 0 aromatic heterocycles. The van der Waals surface area contributed by atoms with Crippen LogP contribution in [0.5, 0.6) is 0 Å². The Morgan fingerprint density at radius 2 is 2.08 bits per heavy atom. The Labute approximate surface area is 84.0 Å². The molecule has 1 atom stereocenters. The van der Waals surface area contributed by atoms with Crippen molar-refractivity contribution in [2.24, 2.45) is 5.92 Å². The fraction of sp³-hybridized carbons (Fsp3) is 1.00. The molecule has 0 saturated heterocycles. The zero-order valence-electron chi connectivity index (χ0n) is 7.37. The number of hydrogen-bond acceptors (Lipinski definition) is 2. The van der Waals surface area contributed by atoms with Crippen molar-refractivity contribution in [2.75, 3.05) is 26.7 Å². The Hall–Kier alpha value is 0.500. The summed E-state index contributed by atoms with van der Waals surface area (Å²) in [5, 5.41) is 6.42. The maximum Gasteiger partial charge on any atom is 0.122 e. The fourth-order valence-corrected chi connectivity index (χ4v) is 1.68. The van der Waals surface area contributed by atoms with Crippen LogP contribution in [0.3, 0.4) is 0 Å². The first-order valence-electron chi connectivity index (χ1n) is 4.40. The smallest absolute Gasteiger partial charge is 0.122 e. The van der Waals surface area contributed by atoms with E-state index in [4.69, 9.17) is 23.2 Å². The molecular formula is C8H16Cl2N2. The highest BCUT2D eigenvalue weighted by atomic mass is 35.5. The van der Waals surface area contributed by atoms with Gasteiger partial charge in [0.1, 0.15) is 4.33 Å². The summed E-state index contributed by atoms with van der Waals surface area (Å²) in [6.45, 7) is 3.06. The molecule has 0 radical (unpaired) electrons. The van der Waals surface area contributed by atoms with Crippen LogP contribution in [-0.2, 0) is 0 Å². The molecule has 0 aromatic carbocycles. The number of rotatable bonds is 6. The molecule has 72 valence electrons. The van der Waals surface area contributed by atoms with Crippen molar-refractivity contribution in [3.8, 4) is 0 Å². The lowest BCUT2D eigenvalue weighted by Crippen LogP contribution is -2.22. The molecule has 1 saturated carbocycles. The normalized spacial score (nSPS) is 25.8. The summed E-state index contributed by atoms with van der Waals surface area (Å²) in [6.07, 6.45) is 2.09. The Morgan fingerprint density at radius 1 is 1.42 bits per heavy atom. The first-order chi connectivity index (χ1) is 5.67. The van der Waals surface area contributed by atoms with Gasteiger partial charge < -0.3 is 10.6 Å². The monoisotopic (exact) mass is 210 g/mol. The van der Waals surface area contributed by atoms with Crippen LogP contribution in [0, 0.1) is 5.92 Å². The van der Waals surface area contributed by atoms with Crippen LogP contribution in [-0.4, -0.2) is 31.0 Å². The SMILES string of the molecule is CNCCCNCC1CC1(Cl)Cl. The van der Waals surface area contributed by atoms with Gasteiger partial charge in [-0.2, -0.15) is 0 Å². The van der Waals surface area contributed by atoms with Crippen molar-refractivity contribution >= 4 is 23.2 Å². The van der Waals surface area contributed by atoms with Gasteiger partial charge in [-0.15, -0.1) is 23.2 Å². The van der Waals surface area contributed by atoms with E-state index in [1.807, 2.05) is 7.05 Å². The number of alkyl halides is 2. The van der Waals surface area contributed by atoms with Gasteiger partial charge in [0.05, 0.1) is 0 Å². The molecule has 0 amide bonds. The van der Waals surface area contributed by atoms with Crippen molar-refractivity contribution in [1.82, 2.24) is 10.6 Å². The van der Waals surface area contributed by atoms with Gasteiger partial charge in [0.25, 0.3) is 0 Å². The minimum absolute atomic E-state index is 0.421. The van der Waals surface area contributed by atoms with Gasteiger partial charge in [0.15, 0.2) is 0 Å². The lowest BCUT2D eigenvalue weighted by molar-refractivity contribution is 0.596. The quantitative estimate of drug-likeness (QED) is 0.512. The Morgan fingerprint density at radius 3 is 2.58 bits per heavy atom. The lowest BCUT2D eigenvalue weighted by Gasteiger charge is -2.03. The van der Waals surface area contributed by atoms with Crippen LogP contribution in [0.4, 0.5) is 0 Å². The van der Waals surface area contributed by atoms with Gasteiger partial charge >= 0.3 is 0 Å². The molecule has 2 N–H and O–H groups in total. The molecule has 1 rings (SSSR count). The van der Waals surface area contributed by atoms with Crippen molar-refractivity contribution in [1.29, 1.82) is 0 Å². The molecule has 0 spiro atoms. The third kappa shape index (κ3) is 3.48. The molecular weight excluding hydrogens is 195 g/mol. The summed E-state index contributed by atoms with van der Waals surface area (Å²) in [5.74, 6) is 0.468. The van der Waals surface area contributed by atoms with E-state index in [0.717, 1.165) is 32.5 Å². The van der Waals surface area contributed by atoms with E-state index in [1.54, 1.807) is 0 Å². The van der Waals surface area contributed by atoms with Crippen molar-refractivity contribution in [3.63, 3.8) is 0 Å². The van der Waals surface area contributed by atoms with Crippen LogP contribution in [0.15, 0.2) is 0 Å². The third-order valence-electron chi connectivity index (χ3n) is 2.13. The zero-order chi connectivity index (χ0) is 9.03. The second-order valence-electron chi connectivity index (χ2n) is 3.32. The third-order valence-corrected chi connectivity index (χ3v) is 3.05. The molecule has 0 aromatic rings. The molecule has 1 aliphatic rings. The maximum absolute atomic E-state index is 5.86. The zero-order valence-corrected chi connectivity index (χ0v) is 8.88. The van der Waals surface area contributed by atoms with Crippen molar-refractivity contribution in [2.45, 2.75) is 17.2 Å². The minimum atomic E-state index is -0.421. The van der Waals surface area contributed by atoms with Gasteiger partial charge in [-0.1, -0.05) is 0 Å². The van der Waals surface area contributed by atoms with E-state index in [2.05, 4.69) is 10.6 Å². The van der Waals surface area contributed by atoms with Crippen molar-refractivity contribution in [3.05, 3.63) is 0 Å². The summed E-state index contributed by atoms with van der Waals surface area (Å²) < 4.78 is -0.421. The molecule has 12 heavy (non-hydrogen) atoms. The van der Waals surface area contributed by atoms with E-state index in [9.17, 15) is 0 Å². The molecule has 1 unspecified atom stereocenters. The van der Waals surface area contributed by atoms with E-state index < -0.39 is 4.33 Å². The molecule has 0 aliphatic heterocycles. The standard InChI is InChI=1S/C8H16Cl2N2/c1-11-3-2-4-12-6-7-5-8(7,9)10/h7,11-12H,2-6H2,1H3. The first kappa shape index (κ1) is 10.6. The number of hydrogen-bond donors (Lipinski definition) is 2. The molecule has 1 aliphatic carbocycles. The van der Waals surface area contributed by atoms with E-state index in [0.29, 0.717) is 5.92 Å². The second kappa shape index (κ2) is 4.66. The molecule has 2 nitrogen and oxygen atoms in total. The summed E-state index contributed by atoms with van der Waals surface area (Å²) in [7, 11) is 1.96. The molecule has 0 bridgehead atoms. The molecule has 4 heteroatoms. The Kier molecular flexibility index (Phi) is 4.11. The minimum Gasteiger partial charge on any atom is -0.320 e.